The van der Waals surface area contributed by atoms with Gasteiger partial charge in [0, 0.05) is 11.6 Å². The molecule has 0 amide bonds. The van der Waals surface area contributed by atoms with E-state index in [2.05, 4.69) is 24.1 Å². The Bertz CT molecular complexity index is 405. The van der Waals surface area contributed by atoms with E-state index in [1.165, 1.54) is 6.07 Å². The lowest BCUT2D eigenvalue weighted by molar-refractivity contribution is 0.141. The largest absolute Gasteiger partial charge is 0.315 e. The zero-order valence-electron chi connectivity index (χ0n) is 11.7. The van der Waals surface area contributed by atoms with Gasteiger partial charge in [-0.05, 0) is 53.0 Å². The van der Waals surface area contributed by atoms with E-state index >= 15 is 0 Å². The van der Waals surface area contributed by atoms with Crippen LogP contribution in [0.25, 0.3) is 0 Å². The summed E-state index contributed by atoms with van der Waals surface area (Å²) < 4.78 is 13.4. The number of hydrogen-bond acceptors (Lipinski definition) is 2. The first kappa shape index (κ1) is 15.4. The molecule has 1 aromatic carbocycles. The third kappa shape index (κ3) is 3.22. The number of nitrogens with zero attached hydrogens (tertiary/aromatic N) is 1. The molecule has 0 aliphatic rings. The fourth-order valence-corrected chi connectivity index (χ4v) is 2.15. The second-order valence-electron chi connectivity index (χ2n) is 5.31. The summed E-state index contributed by atoms with van der Waals surface area (Å²) in [5.41, 5.74) is 0.788. The highest BCUT2D eigenvalue weighted by molar-refractivity contribution is 6.31. The first-order valence-electron chi connectivity index (χ1n) is 6.08. The van der Waals surface area contributed by atoms with E-state index in [9.17, 15) is 4.39 Å². The lowest BCUT2D eigenvalue weighted by Gasteiger charge is -2.40. The molecule has 0 aliphatic carbocycles. The molecule has 1 atom stereocenters. The van der Waals surface area contributed by atoms with Crippen LogP contribution in [-0.4, -0.2) is 37.6 Å². The molecule has 1 rings (SSSR count). The second kappa shape index (κ2) is 6.00. The normalized spacial score (nSPS) is 14.0. The van der Waals surface area contributed by atoms with Gasteiger partial charge in [-0.2, -0.15) is 0 Å². The summed E-state index contributed by atoms with van der Waals surface area (Å²) in [6.07, 6.45) is 0.693. The minimum Gasteiger partial charge on any atom is -0.315 e. The van der Waals surface area contributed by atoms with Crippen LogP contribution in [0.2, 0.25) is 5.02 Å². The summed E-state index contributed by atoms with van der Waals surface area (Å²) in [6, 6.07) is 5.15. The minimum absolute atomic E-state index is 0.0512. The molecule has 0 saturated heterocycles. The molecule has 18 heavy (non-hydrogen) atoms. The van der Waals surface area contributed by atoms with E-state index in [0.717, 1.165) is 5.56 Å². The highest BCUT2D eigenvalue weighted by Crippen LogP contribution is 2.25. The summed E-state index contributed by atoms with van der Waals surface area (Å²) in [7, 11) is 6.00. The summed E-state index contributed by atoms with van der Waals surface area (Å²) in [5.74, 6) is -0.355. The number of halogens is 2. The van der Waals surface area contributed by atoms with E-state index < -0.39 is 0 Å². The summed E-state index contributed by atoms with van der Waals surface area (Å²) >= 11 is 6.01. The lowest BCUT2D eigenvalue weighted by atomic mass is 9.88. The van der Waals surface area contributed by atoms with Crippen LogP contribution in [0.3, 0.4) is 0 Å². The molecule has 102 valence electrons. The van der Waals surface area contributed by atoms with Crippen molar-refractivity contribution in [3.8, 4) is 0 Å². The molecular weight excluding hydrogens is 251 g/mol. The van der Waals surface area contributed by atoms with Gasteiger partial charge in [0.2, 0.25) is 0 Å². The Morgan fingerprint density at radius 3 is 2.50 bits per heavy atom. The van der Waals surface area contributed by atoms with E-state index in [1.807, 2.05) is 27.2 Å². The monoisotopic (exact) mass is 272 g/mol. The van der Waals surface area contributed by atoms with Gasteiger partial charge in [0.05, 0.1) is 5.02 Å². The van der Waals surface area contributed by atoms with Crippen LogP contribution in [0.15, 0.2) is 18.2 Å². The molecule has 0 saturated carbocycles. The van der Waals surface area contributed by atoms with E-state index in [0.29, 0.717) is 6.42 Å². The second-order valence-corrected chi connectivity index (χ2v) is 5.68. The number of hydrogen-bond donors (Lipinski definition) is 1. The number of likely N-dealkylation sites (N-methyl/N-ethyl adjacent to an activating group) is 2. The Balaban J connectivity index is 2.97. The molecule has 0 fully saturated rings. The zero-order valence-corrected chi connectivity index (χ0v) is 12.5. The molecule has 0 aliphatic heterocycles. The van der Waals surface area contributed by atoms with Crippen LogP contribution < -0.4 is 5.32 Å². The predicted molar refractivity (Wildman–Crippen MR) is 75.7 cm³/mol. The maximum absolute atomic E-state index is 13.4. The van der Waals surface area contributed by atoms with Crippen molar-refractivity contribution in [3.05, 3.63) is 34.6 Å². The van der Waals surface area contributed by atoms with Crippen molar-refractivity contribution >= 4 is 11.6 Å². The molecule has 0 radical (unpaired) electrons. The Labute approximate surface area is 114 Å². The molecule has 0 aromatic heterocycles. The molecule has 0 heterocycles. The third-order valence-electron chi connectivity index (χ3n) is 3.81. The van der Waals surface area contributed by atoms with Gasteiger partial charge in [-0.25, -0.2) is 4.39 Å². The van der Waals surface area contributed by atoms with Gasteiger partial charge in [-0.3, -0.25) is 0 Å². The predicted octanol–water partition coefficient (Wildman–Crippen LogP) is 2.95. The van der Waals surface area contributed by atoms with Gasteiger partial charge in [0.15, 0.2) is 0 Å². The van der Waals surface area contributed by atoms with E-state index in [4.69, 9.17) is 11.6 Å². The summed E-state index contributed by atoms with van der Waals surface area (Å²) in [5, 5.41) is 3.53. The van der Waals surface area contributed by atoms with Crippen LogP contribution in [0.1, 0.15) is 19.4 Å². The molecule has 1 unspecified atom stereocenters. The number of nitrogens with one attached hydrogen (secondary N) is 1. The average Bonchev–Trinajstić information content (AvgIpc) is 2.30. The van der Waals surface area contributed by atoms with Crippen molar-refractivity contribution in [2.75, 3.05) is 21.1 Å². The fraction of sp³-hybridized carbons (Fsp3) is 0.571. The Hall–Kier alpha value is -0.640. The Kier molecular flexibility index (Phi) is 5.14. The van der Waals surface area contributed by atoms with Crippen molar-refractivity contribution in [3.63, 3.8) is 0 Å². The molecule has 1 aromatic rings. The van der Waals surface area contributed by atoms with Gasteiger partial charge in [-0.1, -0.05) is 23.7 Å². The third-order valence-corrected chi connectivity index (χ3v) is 4.23. The standard InChI is InChI=1S/C14H22ClFN2/c1-14(2,18(4)5)12(17-3)9-10-7-6-8-11(16)13(10)15/h6-8,12,17H,9H2,1-5H3. The smallest absolute Gasteiger partial charge is 0.142 e. The zero-order chi connectivity index (χ0) is 13.9. The van der Waals surface area contributed by atoms with Crippen molar-refractivity contribution in [2.45, 2.75) is 31.8 Å². The molecule has 2 nitrogen and oxygen atoms in total. The molecule has 0 spiro atoms. The van der Waals surface area contributed by atoms with Gasteiger partial charge in [0.25, 0.3) is 0 Å². The van der Waals surface area contributed by atoms with Crippen LogP contribution in [0.4, 0.5) is 4.39 Å². The fourth-order valence-electron chi connectivity index (χ4n) is 1.94. The van der Waals surface area contributed by atoms with Gasteiger partial charge >= 0.3 is 0 Å². The van der Waals surface area contributed by atoms with E-state index in [-0.39, 0.29) is 22.4 Å². The average molecular weight is 273 g/mol. The minimum atomic E-state index is -0.355. The molecule has 0 bridgehead atoms. The van der Waals surface area contributed by atoms with Crippen LogP contribution in [0.5, 0.6) is 0 Å². The van der Waals surface area contributed by atoms with Crippen LogP contribution in [0, 0.1) is 5.82 Å². The summed E-state index contributed by atoms with van der Waals surface area (Å²) in [4.78, 5) is 2.15. The van der Waals surface area contributed by atoms with Crippen LogP contribution >= 0.6 is 11.6 Å². The summed E-state index contributed by atoms with van der Waals surface area (Å²) in [6.45, 7) is 4.31. The lowest BCUT2D eigenvalue weighted by Crippen LogP contribution is -2.55. The topological polar surface area (TPSA) is 15.3 Å². The van der Waals surface area contributed by atoms with Gasteiger partial charge in [0.1, 0.15) is 5.82 Å². The maximum Gasteiger partial charge on any atom is 0.142 e. The van der Waals surface area contributed by atoms with Gasteiger partial charge < -0.3 is 10.2 Å². The van der Waals surface area contributed by atoms with Crippen molar-refractivity contribution in [1.29, 1.82) is 0 Å². The number of rotatable bonds is 5. The number of benzene rings is 1. The first-order chi connectivity index (χ1) is 8.30. The van der Waals surface area contributed by atoms with Crippen molar-refractivity contribution in [1.82, 2.24) is 10.2 Å². The molecule has 4 heteroatoms. The van der Waals surface area contributed by atoms with Crippen molar-refractivity contribution in [2.24, 2.45) is 0 Å². The highest BCUT2D eigenvalue weighted by atomic mass is 35.5. The molecular formula is C14H22ClFN2. The van der Waals surface area contributed by atoms with Crippen LogP contribution in [-0.2, 0) is 6.42 Å². The quantitative estimate of drug-likeness (QED) is 0.887. The van der Waals surface area contributed by atoms with E-state index in [1.54, 1.807) is 6.07 Å². The maximum atomic E-state index is 13.4. The highest BCUT2D eigenvalue weighted by Gasteiger charge is 2.31. The van der Waals surface area contributed by atoms with Crippen molar-refractivity contribution < 1.29 is 4.39 Å². The molecule has 1 N–H and O–H groups in total. The van der Waals surface area contributed by atoms with Gasteiger partial charge in [-0.15, -0.1) is 0 Å². The SMILES string of the molecule is CNC(Cc1cccc(F)c1Cl)C(C)(C)N(C)C. The Morgan fingerprint density at radius 1 is 1.39 bits per heavy atom. The first-order valence-corrected chi connectivity index (χ1v) is 6.46. The Morgan fingerprint density at radius 2 is 2.00 bits per heavy atom.